The van der Waals surface area contributed by atoms with E-state index in [2.05, 4.69) is 19.1 Å². The second-order valence-electron chi connectivity index (χ2n) is 4.29. The van der Waals surface area contributed by atoms with Gasteiger partial charge in [0.25, 0.3) is 0 Å². The van der Waals surface area contributed by atoms with Gasteiger partial charge in [0, 0.05) is 5.92 Å². The van der Waals surface area contributed by atoms with Crippen LogP contribution in [0.1, 0.15) is 24.0 Å². The zero-order valence-corrected chi connectivity index (χ0v) is 11.0. The Kier molecular flexibility index (Phi) is 3.79. The lowest BCUT2D eigenvalue weighted by molar-refractivity contribution is 0.347. The lowest BCUT2D eigenvalue weighted by atomic mass is 9.93. The van der Waals surface area contributed by atoms with Crippen molar-refractivity contribution in [3.8, 4) is 0 Å². The van der Waals surface area contributed by atoms with E-state index in [9.17, 15) is 0 Å². The van der Waals surface area contributed by atoms with Gasteiger partial charge in [-0.05, 0) is 23.3 Å². The average molecular weight is 263 g/mol. The molecule has 0 spiro atoms. The monoisotopic (exact) mass is 263 g/mol. The van der Waals surface area contributed by atoms with Gasteiger partial charge in [0.1, 0.15) is 0 Å². The maximum Gasteiger partial charge on any atom is 0.440 e. The summed E-state index contributed by atoms with van der Waals surface area (Å²) >= 11 is 0. The van der Waals surface area contributed by atoms with Crippen LogP contribution in [0.3, 0.4) is 0 Å². The number of rotatable bonds is 3. The van der Waals surface area contributed by atoms with Gasteiger partial charge >= 0.3 is 7.94 Å². The van der Waals surface area contributed by atoms with Gasteiger partial charge in [-0.2, -0.15) is 14.7 Å². The molecule has 1 unspecified atom stereocenters. The molecule has 0 aliphatic carbocycles. The largest absolute Gasteiger partial charge is 0.440 e. The van der Waals surface area contributed by atoms with E-state index in [1.165, 1.54) is 5.56 Å². The van der Waals surface area contributed by atoms with Gasteiger partial charge < -0.3 is 0 Å². The van der Waals surface area contributed by atoms with Crippen molar-refractivity contribution in [1.29, 1.82) is 0 Å². The SMILES string of the molecule is CC(c1ccccc1)c1ccc([P+](O)(O)O)cc1. The van der Waals surface area contributed by atoms with Gasteiger partial charge in [-0.1, -0.05) is 49.4 Å². The third-order valence-electron chi connectivity index (χ3n) is 3.04. The molecule has 1 atom stereocenters. The molecule has 4 heteroatoms. The molecule has 0 aliphatic heterocycles. The van der Waals surface area contributed by atoms with Crippen molar-refractivity contribution in [2.75, 3.05) is 0 Å². The minimum absolute atomic E-state index is 0.173. The molecule has 0 saturated heterocycles. The van der Waals surface area contributed by atoms with Crippen molar-refractivity contribution < 1.29 is 14.7 Å². The fraction of sp³-hybridized carbons (Fsp3) is 0.143. The standard InChI is InChI=1S/C14H16O3P/c1-11(12-5-3-2-4-6-12)13-7-9-14(10-8-13)18(15,16)17/h2-11,15-17H,1H3/q+1. The molecular formula is C14H16O3P+. The summed E-state index contributed by atoms with van der Waals surface area (Å²) in [4.78, 5) is 27.5. The highest BCUT2D eigenvalue weighted by atomic mass is 31.2. The van der Waals surface area contributed by atoms with E-state index < -0.39 is 7.94 Å². The first kappa shape index (κ1) is 13.2. The molecule has 2 aromatic carbocycles. The fourth-order valence-corrected chi connectivity index (χ4v) is 2.45. The number of hydrogen-bond donors (Lipinski definition) is 3. The maximum atomic E-state index is 9.16. The first-order valence-electron chi connectivity index (χ1n) is 5.71. The Morgan fingerprint density at radius 3 is 1.78 bits per heavy atom. The Balaban J connectivity index is 2.25. The average Bonchev–Trinajstić information content (AvgIpc) is 2.38. The van der Waals surface area contributed by atoms with Crippen LogP contribution in [0.5, 0.6) is 0 Å². The zero-order chi connectivity index (χ0) is 13.2. The second-order valence-corrected chi connectivity index (χ2v) is 5.95. The van der Waals surface area contributed by atoms with Crippen LogP contribution in [0.15, 0.2) is 54.6 Å². The summed E-state index contributed by atoms with van der Waals surface area (Å²) in [6.45, 7) is 2.09. The molecule has 2 aromatic rings. The summed E-state index contributed by atoms with van der Waals surface area (Å²) < 4.78 is 0. The van der Waals surface area contributed by atoms with Crippen LogP contribution in [-0.4, -0.2) is 14.7 Å². The van der Waals surface area contributed by atoms with Crippen LogP contribution < -0.4 is 5.30 Å². The van der Waals surface area contributed by atoms with Crippen molar-refractivity contribution >= 4 is 13.2 Å². The van der Waals surface area contributed by atoms with E-state index >= 15 is 0 Å². The van der Waals surface area contributed by atoms with E-state index in [-0.39, 0.29) is 11.2 Å². The van der Waals surface area contributed by atoms with Crippen LogP contribution >= 0.6 is 7.94 Å². The van der Waals surface area contributed by atoms with E-state index in [0.29, 0.717) is 0 Å². The molecule has 0 bridgehead atoms. The van der Waals surface area contributed by atoms with Gasteiger partial charge in [-0.25, -0.2) is 0 Å². The Morgan fingerprint density at radius 1 is 0.778 bits per heavy atom. The van der Waals surface area contributed by atoms with Crippen molar-refractivity contribution in [2.45, 2.75) is 12.8 Å². The molecule has 0 radical (unpaired) electrons. The maximum absolute atomic E-state index is 9.16. The van der Waals surface area contributed by atoms with Gasteiger partial charge in [0.15, 0.2) is 5.30 Å². The van der Waals surface area contributed by atoms with Crippen LogP contribution in [0.2, 0.25) is 0 Å². The quantitative estimate of drug-likeness (QED) is 0.744. The first-order chi connectivity index (χ1) is 8.48. The van der Waals surface area contributed by atoms with Gasteiger partial charge in [-0.15, -0.1) is 0 Å². The van der Waals surface area contributed by atoms with Gasteiger partial charge in [0.05, 0.1) is 0 Å². The molecule has 0 amide bonds. The topological polar surface area (TPSA) is 60.7 Å². The lowest BCUT2D eigenvalue weighted by Gasteiger charge is -2.12. The second kappa shape index (κ2) is 5.17. The minimum Gasteiger partial charge on any atom is -0.189 e. The molecular weight excluding hydrogens is 247 g/mol. The first-order valence-corrected chi connectivity index (χ1v) is 7.36. The summed E-state index contributed by atoms with van der Waals surface area (Å²) in [6.07, 6.45) is 0. The zero-order valence-electron chi connectivity index (χ0n) is 10.1. The minimum atomic E-state index is -3.89. The van der Waals surface area contributed by atoms with Crippen LogP contribution in [-0.2, 0) is 0 Å². The van der Waals surface area contributed by atoms with Crippen LogP contribution in [0.4, 0.5) is 0 Å². The predicted octanol–water partition coefficient (Wildman–Crippen LogP) is 2.20. The lowest BCUT2D eigenvalue weighted by Crippen LogP contribution is -2.09. The van der Waals surface area contributed by atoms with Crippen molar-refractivity contribution in [3.05, 3.63) is 65.7 Å². The molecule has 0 aliphatic rings. The molecule has 3 nitrogen and oxygen atoms in total. The molecule has 18 heavy (non-hydrogen) atoms. The Bertz CT molecular complexity index is 503. The van der Waals surface area contributed by atoms with Gasteiger partial charge in [0.2, 0.25) is 0 Å². The predicted molar refractivity (Wildman–Crippen MR) is 73.6 cm³/mol. The number of hydrogen-bond acceptors (Lipinski definition) is 3. The molecule has 0 saturated carbocycles. The highest BCUT2D eigenvalue weighted by Crippen LogP contribution is 2.43. The normalized spacial score (nSPS) is 13.3. The molecule has 2 rings (SSSR count). The summed E-state index contributed by atoms with van der Waals surface area (Å²) in [5, 5.41) is 0.173. The van der Waals surface area contributed by atoms with E-state index in [1.807, 2.05) is 30.3 Å². The summed E-state index contributed by atoms with van der Waals surface area (Å²) in [5.74, 6) is 0.226. The Hall–Kier alpha value is -1.25. The van der Waals surface area contributed by atoms with Crippen molar-refractivity contribution in [2.24, 2.45) is 0 Å². The van der Waals surface area contributed by atoms with E-state index in [1.54, 1.807) is 12.1 Å². The highest BCUT2D eigenvalue weighted by Gasteiger charge is 2.33. The highest BCUT2D eigenvalue weighted by molar-refractivity contribution is 7.66. The van der Waals surface area contributed by atoms with Crippen molar-refractivity contribution in [3.63, 3.8) is 0 Å². The number of benzene rings is 2. The molecule has 0 heterocycles. The third-order valence-corrected chi connectivity index (χ3v) is 4.03. The van der Waals surface area contributed by atoms with Crippen LogP contribution in [0, 0.1) is 0 Å². The smallest absolute Gasteiger partial charge is 0.189 e. The molecule has 0 aromatic heterocycles. The summed E-state index contributed by atoms with van der Waals surface area (Å²) in [7, 11) is -3.89. The summed E-state index contributed by atoms with van der Waals surface area (Å²) in [5.41, 5.74) is 2.27. The van der Waals surface area contributed by atoms with E-state index in [4.69, 9.17) is 14.7 Å². The Morgan fingerprint density at radius 2 is 1.28 bits per heavy atom. The van der Waals surface area contributed by atoms with Crippen molar-refractivity contribution in [1.82, 2.24) is 0 Å². The third kappa shape index (κ3) is 2.95. The molecule has 0 fully saturated rings. The Labute approximate surface area is 107 Å². The molecule has 94 valence electrons. The van der Waals surface area contributed by atoms with E-state index in [0.717, 1.165) is 5.56 Å². The fourth-order valence-electron chi connectivity index (χ4n) is 1.90. The molecule has 3 N–H and O–H groups in total. The van der Waals surface area contributed by atoms with Gasteiger partial charge in [-0.3, -0.25) is 0 Å². The summed E-state index contributed by atoms with van der Waals surface area (Å²) in [6, 6.07) is 16.8. The van der Waals surface area contributed by atoms with Crippen LogP contribution in [0.25, 0.3) is 0 Å².